The molecule has 27 heavy (non-hydrogen) atoms. The fourth-order valence-electron chi connectivity index (χ4n) is 2.57. The first kappa shape index (κ1) is 18.5. The third-order valence-electron chi connectivity index (χ3n) is 3.88. The first-order chi connectivity index (χ1) is 13.1. The molecule has 0 fully saturated rings. The SMILES string of the molecule is Cc1ccc(-c2nc(C(=O)OCCNc3ncccc3C#N)cs2)c(C)c1. The summed E-state index contributed by atoms with van der Waals surface area (Å²) >= 11 is 1.42. The molecule has 3 aromatic rings. The number of rotatable bonds is 6. The van der Waals surface area contributed by atoms with Gasteiger partial charge >= 0.3 is 5.97 Å². The molecule has 0 amide bonds. The van der Waals surface area contributed by atoms with Crippen LogP contribution in [0, 0.1) is 25.2 Å². The van der Waals surface area contributed by atoms with Crippen LogP contribution in [-0.4, -0.2) is 29.1 Å². The molecular formula is C20H18N4O2S. The average molecular weight is 378 g/mol. The van der Waals surface area contributed by atoms with Crippen LogP contribution in [0.15, 0.2) is 41.9 Å². The smallest absolute Gasteiger partial charge is 0.357 e. The van der Waals surface area contributed by atoms with Crippen LogP contribution in [0.1, 0.15) is 27.2 Å². The molecule has 3 rings (SSSR count). The van der Waals surface area contributed by atoms with Gasteiger partial charge in [0.1, 0.15) is 23.5 Å². The Hall–Kier alpha value is -3.24. The van der Waals surface area contributed by atoms with Crippen molar-refractivity contribution in [1.82, 2.24) is 9.97 Å². The number of nitrogens with zero attached hydrogens (tertiary/aromatic N) is 3. The van der Waals surface area contributed by atoms with E-state index in [0.717, 1.165) is 16.1 Å². The molecule has 0 aliphatic heterocycles. The first-order valence-corrected chi connectivity index (χ1v) is 9.25. The third-order valence-corrected chi connectivity index (χ3v) is 4.76. The van der Waals surface area contributed by atoms with E-state index in [4.69, 9.17) is 10.00 Å². The van der Waals surface area contributed by atoms with Crippen LogP contribution in [0.3, 0.4) is 0 Å². The molecule has 136 valence electrons. The Morgan fingerprint density at radius 1 is 1.33 bits per heavy atom. The summed E-state index contributed by atoms with van der Waals surface area (Å²) in [5.41, 5.74) is 4.07. The highest BCUT2D eigenvalue weighted by Gasteiger charge is 2.14. The first-order valence-electron chi connectivity index (χ1n) is 8.37. The Balaban J connectivity index is 1.56. The number of ether oxygens (including phenoxy) is 1. The Kier molecular flexibility index (Phi) is 5.79. The Morgan fingerprint density at radius 3 is 2.96 bits per heavy atom. The molecule has 6 nitrogen and oxygen atoms in total. The summed E-state index contributed by atoms with van der Waals surface area (Å²) in [6, 6.07) is 11.6. The minimum absolute atomic E-state index is 0.149. The van der Waals surface area contributed by atoms with Crippen LogP contribution < -0.4 is 5.32 Å². The van der Waals surface area contributed by atoms with Gasteiger partial charge in [0.15, 0.2) is 5.69 Å². The molecule has 0 aliphatic carbocycles. The van der Waals surface area contributed by atoms with E-state index in [1.165, 1.54) is 16.9 Å². The number of aryl methyl sites for hydroxylation is 2. The van der Waals surface area contributed by atoms with Crippen molar-refractivity contribution in [1.29, 1.82) is 5.26 Å². The summed E-state index contributed by atoms with van der Waals surface area (Å²) in [5, 5.41) is 14.5. The number of carbonyl (C=O) groups excluding carboxylic acids is 1. The van der Waals surface area contributed by atoms with Gasteiger partial charge in [-0.05, 0) is 31.5 Å². The van der Waals surface area contributed by atoms with Crippen LogP contribution in [0.2, 0.25) is 0 Å². The molecule has 0 aliphatic rings. The van der Waals surface area contributed by atoms with Crippen molar-refractivity contribution in [3.8, 4) is 16.6 Å². The van der Waals surface area contributed by atoms with Crippen molar-refractivity contribution in [3.63, 3.8) is 0 Å². The highest BCUT2D eigenvalue weighted by molar-refractivity contribution is 7.13. The molecule has 2 aromatic heterocycles. The van der Waals surface area contributed by atoms with Gasteiger partial charge in [-0.3, -0.25) is 0 Å². The molecule has 0 saturated heterocycles. The molecule has 0 spiro atoms. The molecule has 0 bridgehead atoms. The number of nitrogens with one attached hydrogen (secondary N) is 1. The van der Waals surface area contributed by atoms with Crippen LogP contribution in [-0.2, 0) is 4.74 Å². The fraction of sp³-hybridized carbons (Fsp3) is 0.200. The highest BCUT2D eigenvalue weighted by Crippen LogP contribution is 2.27. The summed E-state index contributed by atoms with van der Waals surface area (Å²) in [5.74, 6) is 0.00688. The summed E-state index contributed by atoms with van der Waals surface area (Å²) in [4.78, 5) is 20.7. The Morgan fingerprint density at radius 2 is 2.19 bits per heavy atom. The standard InChI is InChI=1S/C20H18N4O2S/c1-13-5-6-16(14(2)10-13)19-24-17(12-27-19)20(25)26-9-8-23-18-15(11-21)4-3-7-22-18/h3-7,10,12H,8-9H2,1-2H3,(H,22,23). The number of esters is 1. The number of benzene rings is 1. The number of nitriles is 1. The van der Waals surface area contributed by atoms with Gasteiger partial charge in [-0.25, -0.2) is 14.8 Å². The lowest BCUT2D eigenvalue weighted by Gasteiger charge is -2.07. The zero-order valence-electron chi connectivity index (χ0n) is 15.0. The van der Waals surface area contributed by atoms with Gasteiger partial charge in [0, 0.05) is 17.1 Å². The van der Waals surface area contributed by atoms with Gasteiger partial charge in [-0.2, -0.15) is 5.26 Å². The van der Waals surface area contributed by atoms with Crippen LogP contribution in [0.4, 0.5) is 5.82 Å². The average Bonchev–Trinajstić information content (AvgIpc) is 3.15. The van der Waals surface area contributed by atoms with E-state index in [1.807, 2.05) is 26.0 Å². The maximum absolute atomic E-state index is 12.2. The predicted molar refractivity (Wildman–Crippen MR) is 105 cm³/mol. The number of anilines is 1. The summed E-state index contributed by atoms with van der Waals surface area (Å²) in [6.45, 7) is 4.57. The van der Waals surface area contributed by atoms with Crippen molar-refractivity contribution in [2.45, 2.75) is 13.8 Å². The van der Waals surface area contributed by atoms with Gasteiger partial charge in [0.25, 0.3) is 0 Å². The molecule has 1 N–H and O–H groups in total. The molecular weight excluding hydrogens is 360 g/mol. The van der Waals surface area contributed by atoms with E-state index in [-0.39, 0.29) is 6.61 Å². The van der Waals surface area contributed by atoms with Crippen molar-refractivity contribution in [2.75, 3.05) is 18.5 Å². The lowest BCUT2D eigenvalue weighted by atomic mass is 10.1. The molecule has 7 heteroatoms. The van der Waals surface area contributed by atoms with Gasteiger partial charge < -0.3 is 10.1 Å². The van der Waals surface area contributed by atoms with Gasteiger partial charge in [-0.1, -0.05) is 23.8 Å². The van der Waals surface area contributed by atoms with E-state index >= 15 is 0 Å². The van der Waals surface area contributed by atoms with Gasteiger partial charge in [-0.15, -0.1) is 11.3 Å². The van der Waals surface area contributed by atoms with Gasteiger partial charge in [0.2, 0.25) is 0 Å². The van der Waals surface area contributed by atoms with Crippen LogP contribution in [0.25, 0.3) is 10.6 Å². The molecule has 1 aromatic carbocycles. The van der Waals surface area contributed by atoms with Crippen molar-refractivity contribution >= 4 is 23.1 Å². The normalized spacial score (nSPS) is 10.3. The largest absolute Gasteiger partial charge is 0.459 e. The van der Waals surface area contributed by atoms with E-state index in [9.17, 15) is 4.79 Å². The second-order valence-corrected chi connectivity index (χ2v) is 6.79. The molecule has 0 atom stereocenters. The maximum Gasteiger partial charge on any atom is 0.357 e. The lowest BCUT2D eigenvalue weighted by molar-refractivity contribution is 0.0514. The molecule has 2 heterocycles. The third kappa shape index (κ3) is 4.49. The summed E-state index contributed by atoms with van der Waals surface area (Å²) in [7, 11) is 0. The van der Waals surface area contributed by atoms with Crippen molar-refractivity contribution < 1.29 is 9.53 Å². The zero-order valence-corrected chi connectivity index (χ0v) is 15.8. The van der Waals surface area contributed by atoms with Crippen LogP contribution >= 0.6 is 11.3 Å². The Bertz CT molecular complexity index is 1010. The minimum atomic E-state index is -0.467. The van der Waals surface area contributed by atoms with Gasteiger partial charge in [0.05, 0.1) is 12.1 Å². The number of aromatic nitrogens is 2. The van der Waals surface area contributed by atoms with Crippen LogP contribution in [0.5, 0.6) is 0 Å². The van der Waals surface area contributed by atoms with E-state index in [1.54, 1.807) is 23.7 Å². The number of hydrogen-bond donors (Lipinski definition) is 1. The predicted octanol–water partition coefficient (Wildman–Crippen LogP) is 3.96. The lowest BCUT2D eigenvalue weighted by Crippen LogP contribution is -2.15. The monoisotopic (exact) mass is 378 g/mol. The quantitative estimate of drug-likeness (QED) is 0.516. The number of pyridine rings is 1. The maximum atomic E-state index is 12.2. The van der Waals surface area contributed by atoms with Crippen molar-refractivity contribution in [3.05, 3.63) is 64.3 Å². The van der Waals surface area contributed by atoms with Crippen molar-refractivity contribution in [2.24, 2.45) is 0 Å². The molecule has 0 saturated carbocycles. The van der Waals surface area contributed by atoms with E-state index < -0.39 is 5.97 Å². The topological polar surface area (TPSA) is 87.9 Å². The fourth-order valence-corrected chi connectivity index (χ4v) is 3.45. The summed E-state index contributed by atoms with van der Waals surface area (Å²) in [6.07, 6.45) is 1.60. The number of carbonyl (C=O) groups is 1. The number of thiazole rings is 1. The second kappa shape index (κ2) is 8.43. The zero-order chi connectivity index (χ0) is 19.2. The second-order valence-electron chi connectivity index (χ2n) is 5.93. The summed E-state index contributed by atoms with van der Waals surface area (Å²) < 4.78 is 5.25. The van der Waals surface area contributed by atoms with E-state index in [2.05, 4.69) is 27.4 Å². The molecule has 0 radical (unpaired) electrons. The Labute approximate surface area is 161 Å². The highest BCUT2D eigenvalue weighted by atomic mass is 32.1. The molecule has 0 unspecified atom stereocenters. The number of hydrogen-bond acceptors (Lipinski definition) is 7. The minimum Gasteiger partial charge on any atom is -0.459 e. The van der Waals surface area contributed by atoms with E-state index in [0.29, 0.717) is 23.6 Å².